The zero-order chi connectivity index (χ0) is 20.2. The standard InChI is InChI=1S/C19H23N3O4S/c1-13-8-7-9-14(2)19(13)22(27(4,25)26)12-18(24)21-20-15(3)16-10-5-6-11-17(16)23/h5-11,23H,12H2,1-4H3,(H,21,24)/b20-15-. The maximum Gasteiger partial charge on any atom is 0.260 e. The molecule has 2 rings (SSSR count). The molecule has 0 fully saturated rings. The number of rotatable bonds is 6. The molecule has 27 heavy (non-hydrogen) atoms. The van der Waals surface area contributed by atoms with E-state index in [1.165, 1.54) is 6.07 Å². The van der Waals surface area contributed by atoms with Crippen molar-refractivity contribution in [1.29, 1.82) is 0 Å². The second kappa shape index (κ2) is 8.22. The van der Waals surface area contributed by atoms with Crippen molar-refractivity contribution in [2.24, 2.45) is 5.10 Å². The Morgan fingerprint density at radius 3 is 2.26 bits per heavy atom. The van der Waals surface area contributed by atoms with Crippen molar-refractivity contribution >= 4 is 27.3 Å². The molecule has 0 atom stereocenters. The van der Waals surface area contributed by atoms with Gasteiger partial charge in [0.2, 0.25) is 10.0 Å². The van der Waals surface area contributed by atoms with Crippen molar-refractivity contribution in [1.82, 2.24) is 5.43 Å². The number of phenols is 1. The molecule has 1 amide bonds. The number of phenolic OH excluding ortho intramolecular Hbond substituents is 1. The van der Waals surface area contributed by atoms with Crippen molar-refractivity contribution < 1.29 is 18.3 Å². The van der Waals surface area contributed by atoms with Crippen LogP contribution in [-0.2, 0) is 14.8 Å². The predicted molar refractivity (Wildman–Crippen MR) is 107 cm³/mol. The van der Waals surface area contributed by atoms with Crippen LogP contribution in [-0.4, -0.2) is 37.9 Å². The maximum absolute atomic E-state index is 12.3. The number of sulfonamides is 1. The summed E-state index contributed by atoms with van der Waals surface area (Å²) in [4.78, 5) is 12.3. The lowest BCUT2D eigenvalue weighted by Gasteiger charge is -2.25. The summed E-state index contributed by atoms with van der Waals surface area (Å²) in [6.45, 7) is 4.81. The van der Waals surface area contributed by atoms with Gasteiger partial charge in [0.15, 0.2) is 0 Å². The second-order valence-corrected chi connectivity index (χ2v) is 8.17. The highest BCUT2D eigenvalue weighted by Crippen LogP contribution is 2.26. The number of amides is 1. The van der Waals surface area contributed by atoms with Crippen LogP contribution in [0.5, 0.6) is 5.75 Å². The lowest BCUT2D eigenvalue weighted by Crippen LogP contribution is -2.40. The molecule has 2 N–H and O–H groups in total. The van der Waals surface area contributed by atoms with Gasteiger partial charge in [-0.2, -0.15) is 5.10 Å². The third kappa shape index (κ3) is 5.07. The van der Waals surface area contributed by atoms with Gasteiger partial charge >= 0.3 is 0 Å². The second-order valence-electron chi connectivity index (χ2n) is 6.26. The molecule has 7 nitrogen and oxygen atoms in total. The Bertz CT molecular complexity index is 964. The largest absolute Gasteiger partial charge is 0.507 e. The van der Waals surface area contributed by atoms with Gasteiger partial charge in [0.1, 0.15) is 12.3 Å². The van der Waals surface area contributed by atoms with Gasteiger partial charge in [0.05, 0.1) is 17.7 Å². The van der Waals surface area contributed by atoms with Gasteiger partial charge in [-0.1, -0.05) is 30.3 Å². The van der Waals surface area contributed by atoms with Gasteiger partial charge < -0.3 is 5.11 Å². The fourth-order valence-corrected chi connectivity index (χ4v) is 3.68. The van der Waals surface area contributed by atoms with Gasteiger partial charge in [0, 0.05) is 5.56 Å². The van der Waals surface area contributed by atoms with Gasteiger partial charge in [-0.3, -0.25) is 9.10 Å². The molecule has 2 aromatic carbocycles. The van der Waals surface area contributed by atoms with Crippen molar-refractivity contribution in [2.45, 2.75) is 20.8 Å². The van der Waals surface area contributed by atoms with Crippen LogP contribution in [0.25, 0.3) is 0 Å². The molecular weight excluding hydrogens is 366 g/mol. The first kappa shape index (κ1) is 20.4. The molecule has 0 bridgehead atoms. The number of nitrogens with one attached hydrogen (secondary N) is 1. The molecule has 2 aromatic rings. The first-order valence-electron chi connectivity index (χ1n) is 8.26. The number of hydrogen-bond donors (Lipinski definition) is 2. The normalized spacial score (nSPS) is 11.9. The minimum atomic E-state index is -3.67. The van der Waals surface area contributed by atoms with E-state index >= 15 is 0 Å². The predicted octanol–water partition coefficient (Wildman–Crippen LogP) is 2.32. The summed E-state index contributed by atoms with van der Waals surface area (Å²) in [6, 6.07) is 12.0. The molecule has 8 heteroatoms. The summed E-state index contributed by atoms with van der Waals surface area (Å²) in [6.07, 6.45) is 1.06. The van der Waals surface area contributed by atoms with Crippen LogP contribution < -0.4 is 9.73 Å². The summed E-state index contributed by atoms with van der Waals surface area (Å²) in [5.74, 6) is -0.542. The van der Waals surface area contributed by atoms with Crippen molar-refractivity contribution in [3.8, 4) is 5.75 Å². The van der Waals surface area contributed by atoms with Crippen LogP contribution >= 0.6 is 0 Å². The number of para-hydroxylation sites is 2. The zero-order valence-electron chi connectivity index (χ0n) is 15.7. The monoisotopic (exact) mass is 389 g/mol. The molecule has 0 aromatic heterocycles. The minimum absolute atomic E-state index is 0.0429. The van der Waals surface area contributed by atoms with E-state index in [9.17, 15) is 18.3 Å². The summed E-state index contributed by atoms with van der Waals surface area (Å²) >= 11 is 0. The molecule has 0 saturated heterocycles. The molecule has 0 radical (unpaired) electrons. The van der Waals surface area contributed by atoms with E-state index in [1.807, 2.05) is 6.07 Å². The van der Waals surface area contributed by atoms with Gasteiger partial charge in [-0.05, 0) is 44.0 Å². The molecule has 0 aliphatic carbocycles. The smallest absolute Gasteiger partial charge is 0.260 e. The first-order valence-corrected chi connectivity index (χ1v) is 10.1. The summed E-state index contributed by atoms with van der Waals surface area (Å²) < 4.78 is 25.6. The molecule has 0 unspecified atom stereocenters. The Kier molecular flexibility index (Phi) is 6.22. The Balaban J connectivity index is 2.23. The Hall–Kier alpha value is -2.87. The molecule has 0 saturated carbocycles. The summed E-state index contributed by atoms with van der Waals surface area (Å²) in [5, 5.41) is 13.8. The van der Waals surface area contributed by atoms with Crippen LogP contribution in [0.1, 0.15) is 23.6 Å². The van der Waals surface area contributed by atoms with Gasteiger partial charge in [0.25, 0.3) is 5.91 Å². The maximum atomic E-state index is 12.3. The van der Waals surface area contributed by atoms with Crippen LogP contribution in [0.4, 0.5) is 5.69 Å². The van der Waals surface area contributed by atoms with Crippen molar-refractivity contribution in [3.05, 3.63) is 59.2 Å². The number of hydrazone groups is 1. The highest BCUT2D eigenvalue weighted by atomic mass is 32.2. The number of aromatic hydroxyl groups is 1. The van der Waals surface area contributed by atoms with E-state index in [0.29, 0.717) is 17.0 Å². The molecule has 0 aliphatic rings. The van der Waals surface area contributed by atoms with E-state index in [4.69, 9.17) is 0 Å². The number of anilines is 1. The molecular formula is C19H23N3O4S. The Morgan fingerprint density at radius 2 is 1.70 bits per heavy atom. The van der Waals surface area contributed by atoms with E-state index in [0.717, 1.165) is 21.7 Å². The number of nitrogens with zero attached hydrogens (tertiary/aromatic N) is 2. The summed E-state index contributed by atoms with van der Waals surface area (Å²) in [7, 11) is -3.67. The molecule has 0 heterocycles. The first-order chi connectivity index (χ1) is 12.6. The van der Waals surface area contributed by atoms with Crippen LogP contribution in [0.3, 0.4) is 0 Å². The van der Waals surface area contributed by atoms with Gasteiger partial charge in [-0.25, -0.2) is 13.8 Å². The summed E-state index contributed by atoms with van der Waals surface area (Å²) in [5.41, 5.74) is 5.22. The molecule has 0 spiro atoms. The quantitative estimate of drug-likeness (QED) is 0.585. The fraction of sp³-hybridized carbons (Fsp3) is 0.263. The van der Waals surface area contributed by atoms with E-state index in [2.05, 4.69) is 10.5 Å². The van der Waals surface area contributed by atoms with Crippen LogP contribution in [0, 0.1) is 13.8 Å². The number of carbonyl (C=O) groups is 1. The highest BCUT2D eigenvalue weighted by Gasteiger charge is 2.23. The SMILES string of the molecule is C/C(=N/NC(=O)CN(c1c(C)cccc1C)S(C)(=O)=O)c1ccccc1O. The van der Waals surface area contributed by atoms with E-state index in [1.54, 1.807) is 51.1 Å². The highest BCUT2D eigenvalue weighted by molar-refractivity contribution is 7.92. The minimum Gasteiger partial charge on any atom is -0.507 e. The van der Waals surface area contributed by atoms with Crippen molar-refractivity contribution in [2.75, 3.05) is 17.1 Å². The molecule has 144 valence electrons. The van der Waals surface area contributed by atoms with Crippen LogP contribution in [0.2, 0.25) is 0 Å². The lowest BCUT2D eigenvalue weighted by atomic mass is 10.1. The zero-order valence-corrected chi connectivity index (χ0v) is 16.5. The van der Waals surface area contributed by atoms with Crippen molar-refractivity contribution in [3.63, 3.8) is 0 Å². The molecule has 0 aliphatic heterocycles. The number of aryl methyl sites for hydroxylation is 2. The van der Waals surface area contributed by atoms with E-state index < -0.39 is 22.5 Å². The number of carbonyl (C=O) groups excluding carboxylic acids is 1. The number of hydrogen-bond acceptors (Lipinski definition) is 5. The average Bonchev–Trinajstić information content (AvgIpc) is 2.58. The average molecular weight is 389 g/mol. The third-order valence-electron chi connectivity index (χ3n) is 4.02. The topological polar surface area (TPSA) is 99.1 Å². The van der Waals surface area contributed by atoms with E-state index in [-0.39, 0.29) is 5.75 Å². The number of benzene rings is 2. The van der Waals surface area contributed by atoms with Gasteiger partial charge in [-0.15, -0.1) is 0 Å². The van der Waals surface area contributed by atoms with Crippen LogP contribution in [0.15, 0.2) is 47.6 Å². The Morgan fingerprint density at radius 1 is 1.11 bits per heavy atom. The fourth-order valence-electron chi connectivity index (χ4n) is 2.71. The Labute approximate surface area is 159 Å². The third-order valence-corrected chi connectivity index (χ3v) is 5.13. The lowest BCUT2D eigenvalue weighted by molar-refractivity contribution is -0.119.